The molecule has 3 saturated heterocycles. The fraction of sp³-hybridized carbons (Fsp3) is 0.382. The number of hydrogen-bond donors (Lipinski definition) is 1. The highest BCUT2D eigenvalue weighted by molar-refractivity contribution is 5.19. The van der Waals surface area contributed by atoms with Crippen molar-refractivity contribution in [3.05, 3.63) is 251 Å². The summed E-state index contributed by atoms with van der Waals surface area (Å²) in [6.07, 6.45) is -14.1. The minimum absolute atomic E-state index is 0.0918. The summed E-state index contributed by atoms with van der Waals surface area (Å²) >= 11 is 0. The minimum Gasteiger partial charge on any atom is -0.385 e. The van der Waals surface area contributed by atoms with Crippen LogP contribution in [0, 0.1) is 0 Å². The van der Waals surface area contributed by atoms with Crippen molar-refractivity contribution in [2.24, 2.45) is 0 Å². The predicted octanol–water partition coefficient (Wildman–Crippen LogP) is 10.7. The van der Waals surface area contributed by atoms with E-state index in [9.17, 15) is 5.11 Å². The van der Waals surface area contributed by atoms with Crippen molar-refractivity contribution in [1.82, 2.24) is 0 Å². The average molecular weight is 1120 g/mol. The average Bonchev–Trinajstić information content (AvgIpc) is 3.65. The van der Waals surface area contributed by atoms with E-state index in [0.717, 1.165) is 38.9 Å². The number of rotatable bonds is 27. The summed E-state index contributed by atoms with van der Waals surface area (Å²) in [6, 6.07) is 69.4. The second-order valence-corrected chi connectivity index (χ2v) is 21.0. The first-order valence-electron chi connectivity index (χ1n) is 28.4. The summed E-state index contributed by atoms with van der Waals surface area (Å²) in [5.41, 5.74) is 6.64. The highest BCUT2D eigenvalue weighted by atomic mass is 16.8. The summed E-state index contributed by atoms with van der Waals surface area (Å²) < 4.78 is 89.0. The molecule has 0 aromatic heterocycles. The molecular weight excluding hydrogens is 1040 g/mol. The van der Waals surface area contributed by atoms with E-state index in [1.165, 1.54) is 0 Å². The van der Waals surface area contributed by atoms with Gasteiger partial charge in [0, 0.05) is 7.11 Å². The Hall–Kier alpha value is -6.02. The van der Waals surface area contributed by atoms with Crippen LogP contribution in [0.25, 0.3) is 0 Å². The zero-order valence-electron chi connectivity index (χ0n) is 46.8. The molecular formula is C68H76O14. The van der Waals surface area contributed by atoms with Crippen molar-refractivity contribution in [1.29, 1.82) is 0 Å². The maximum atomic E-state index is 13.2. The lowest BCUT2D eigenvalue weighted by Gasteiger charge is -2.50. The van der Waals surface area contributed by atoms with Gasteiger partial charge in [-0.15, -0.1) is 0 Å². The van der Waals surface area contributed by atoms with Gasteiger partial charge in [-0.3, -0.25) is 0 Å². The number of methoxy groups -OCH3 is 1. The highest BCUT2D eigenvalue weighted by Gasteiger charge is 2.56. The Morgan fingerprint density at radius 1 is 0.317 bits per heavy atom. The van der Waals surface area contributed by atoms with Gasteiger partial charge in [-0.2, -0.15) is 0 Å². The first-order valence-corrected chi connectivity index (χ1v) is 28.4. The zero-order valence-corrected chi connectivity index (χ0v) is 46.8. The van der Waals surface area contributed by atoms with E-state index in [1.807, 2.05) is 226 Å². The highest BCUT2D eigenvalue weighted by Crippen LogP contribution is 2.38. The lowest BCUT2D eigenvalue weighted by molar-refractivity contribution is -0.388. The van der Waals surface area contributed by atoms with Crippen LogP contribution in [0.3, 0.4) is 0 Å². The number of ether oxygens (including phenoxy) is 13. The molecule has 0 saturated carbocycles. The molecule has 3 heterocycles. The summed E-state index contributed by atoms with van der Waals surface area (Å²) in [4.78, 5) is 0. The van der Waals surface area contributed by atoms with Crippen LogP contribution in [0.2, 0.25) is 0 Å². The lowest BCUT2D eigenvalue weighted by atomic mass is 9.95. The van der Waals surface area contributed by atoms with Crippen LogP contribution in [0.1, 0.15) is 52.8 Å². The van der Waals surface area contributed by atoms with Crippen LogP contribution in [-0.2, 0) is 108 Å². The first kappa shape index (κ1) is 59.2. The Morgan fingerprint density at radius 3 is 1.01 bits per heavy atom. The molecule has 0 bridgehead atoms. The Balaban J connectivity index is 1.02. The molecule has 15 atom stereocenters. The summed E-state index contributed by atoms with van der Waals surface area (Å²) in [7, 11) is 1.57. The molecule has 3 aliphatic rings. The van der Waals surface area contributed by atoms with Gasteiger partial charge in [0.2, 0.25) is 0 Å². The van der Waals surface area contributed by atoms with Gasteiger partial charge < -0.3 is 66.7 Å². The summed E-state index contributed by atoms with van der Waals surface area (Å²) in [6.45, 7) is 5.48. The van der Waals surface area contributed by atoms with E-state index in [1.54, 1.807) is 7.11 Å². The lowest BCUT2D eigenvalue weighted by Crippen LogP contribution is -2.67. The first-order chi connectivity index (χ1) is 40.4. The van der Waals surface area contributed by atoms with Crippen LogP contribution in [0.4, 0.5) is 0 Å². The molecule has 0 amide bonds. The molecule has 82 heavy (non-hydrogen) atoms. The molecule has 14 heteroatoms. The number of aliphatic hydroxyl groups excluding tert-OH is 1. The van der Waals surface area contributed by atoms with Crippen LogP contribution >= 0.6 is 0 Å². The van der Waals surface area contributed by atoms with Gasteiger partial charge in [0.05, 0.1) is 65.1 Å². The second kappa shape index (κ2) is 30.5. The van der Waals surface area contributed by atoms with Gasteiger partial charge in [0.1, 0.15) is 61.0 Å². The van der Waals surface area contributed by atoms with Crippen molar-refractivity contribution in [3.8, 4) is 0 Å². The predicted molar refractivity (Wildman–Crippen MR) is 306 cm³/mol. The molecule has 14 nitrogen and oxygen atoms in total. The van der Waals surface area contributed by atoms with Crippen LogP contribution < -0.4 is 0 Å². The van der Waals surface area contributed by atoms with Crippen LogP contribution in [0.5, 0.6) is 0 Å². The minimum atomic E-state index is -1.51. The maximum Gasteiger partial charge on any atom is 0.187 e. The van der Waals surface area contributed by atoms with Gasteiger partial charge >= 0.3 is 0 Å². The van der Waals surface area contributed by atoms with E-state index in [4.69, 9.17) is 61.6 Å². The summed E-state index contributed by atoms with van der Waals surface area (Å²) in [5, 5.41) is 13.2. The van der Waals surface area contributed by atoms with E-state index in [2.05, 4.69) is 0 Å². The molecule has 7 aromatic carbocycles. The summed E-state index contributed by atoms with van der Waals surface area (Å²) in [5.74, 6) is 0. The Bertz CT molecular complexity index is 2860. The fourth-order valence-electron chi connectivity index (χ4n) is 10.7. The third-order valence-corrected chi connectivity index (χ3v) is 15.0. The maximum absolute atomic E-state index is 13.2. The van der Waals surface area contributed by atoms with Crippen molar-refractivity contribution >= 4 is 0 Å². The molecule has 0 spiro atoms. The van der Waals surface area contributed by atoms with Crippen molar-refractivity contribution in [2.45, 2.75) is 152 Å². The van der Waals surface area contributed by atoms with E-state index in [0.29, 0.717) is 6.61 Å². The Labute approximate surface area is 482 Å². The van der Waals surface area contributed by atoms with Gasteiger partial charge in [0.15, 0.2) is 18.9 Å². The molecule has 10 rings (SSSR count). The SMILES string of the molecule is CO[C@@H]1O[C@@H](C)[C@H](OCc2ccccc2)[C@@H](O[C@@H]2O[C@@H](C)[C@H](OCc3ccccc3)[C@@H](O[C@H]3O[C@H](COCc4ccccc4)[C@@H](OCc4ccccc4)[C@H](OCc4ccccc4)[C@H]3OCc3ccccc3)[C@H]2O)[C@H]1OCc1ccccc1. The second-order valence-electron chi connectivity index (χ2n) is 21.0. The molecule has 432 valence electrons. The molecule has 7 aromatic rings. The van der Waals surface area contributed by atoms with Gasteiger partial charge in [-0.05, 0) is 52.8 Å². The molecule has 0 radical (unpaired) electrons. The number of hydrogen-bond acceptors (Lipinski definition) is 14. The Kier molecular flexibility index (Phi) is 22.0. The number of benzene rings is 7. The molecule has 1 N–H and O–H groups in total. The van der Waals surface area contributed by atoms with Crippen molar-refractivity contribution in [3.63, 3.8) is 0 Å². The monoisotopic (exact) mass is 1120 g/mol. The molecule has 3 aliphatic heterocycles. The van der Waals surface area contributed by atoms with Crippen molar-refractivity contribution in [2.75, 3.05) is 13.7 Å². The number of aliphatic hydroxyl groups is 1. The topological polar surface area (TPSA) is 140 Å². The van der Waals surface area contributed by atoms with E-state index >= 15 is 0 Å². The Morgan fingerprint density at radius 2 is 0.622 bits per heavy atom. The zero-order chi connectivity index (χ0) is 56.3. The largest absolute Gasteiger partial charge is 0.385 e. The smallest absolute Gasteiger partial charge is 0.187 e. The van der Waals surface area contributed by atoms with Gasteiger partial charge in [-0.25, -0.2) is 0 Å². The molecule has 0 unspecified atom stereocenters. The fourth-order valence-corrected chi connectivity index (χ4v) is 10.7. The molecule has 3 fully saturated rings. The quantitative estimate of drug-likeness (QED) is 0.0522. The standard InChI is InChI=1S/C68H76O14/c1-47-58(72-40-50-27-13-5-14-28-50)61(57(69)66(78-47)82-63-59(73-41-51-29-15-6-16-30-51)48(2)79-67(70-3)65(63)77-45-55-37-23-10-24-38-55)81-68-64(76-44-54-35-21-9-22-36-54)62(75-43-53-33-19-8-20-34-53)60(74-42-52-31-17-7-18-32-52)56(80-68)46-71-39-49-25-11-4-12-26-49/h4-38,47-48,56-69H,39-46H2,1-3H3/t47-,48-,56+,57+,58-,59-,60+,61-,62-,63+,64+,65+,66-,67+,68+/m0/s1. The third-order valence-electron chi connectivity index (χ3n) is 15.0. The van der Waals surface area contributed by atoms with Crippen LogP contribution in [-0.4, -0.2) is 111 Å². The van der Waals surface area contributed by atoms with E-state index < -0.39 is 92.1 Å². The molecule has 0 aliphatic carbocycles. The third kappa shape index (κ3) is 16.2. The van der Waals surface area contributed by atoms with Crippen molar-refractivity contribution < 1.29 is 66.7 Å². The van der Waals surface area contributed by atoms with Gasteiger partial charge in [0.25, 0.3) is 0 Å². The normalized spacial score (nSPS) is 28.4. The van der Waals surface area contributed by atoms with Gasteiger partial charge in [-0.1, -0.05) is 212 Å². The van der Waals surface area contributed by atoms with E-state index in [-0.39, 0.29) is 46.2 Å². The van der Waals surface area contributed by atoms with Crippen LogP contribution in [0.15, 0.2) is 212 Å².